The van der Waals surface area contributed by atoms with E-state index in [-0.39, 0.29) is 6.42 Å². The van der Waals surface area contributed by atoms with E-state index in [9.17, 15) is 9.65 Å². The number of benzene rings is 1. The van der Waals surface area contributed by atoms with E-state index in [1.807, 2.05) is 19.6 Å². The van der Waals surface area contributed by atoms with Gasteiger partial charge in [-0.3, -0.25) is 0 Å². The van der Waals surface area contributed by atoms with Crippen LogP contribution in [-0.4, -0.2) is 21.6 Å². The predicted octanol–water partition coefficient (Wildman–Crippen LogP) is 3.16. The Morgan fingerprint density at radius 3 is 2.63 bits per heavy atom. The highest BCUT2D eigenvalue weighted by molar-refractivity contribution is 6.69. The highest BCUT2D eigenvalue weighted by Gasteiger charge is 2.51. The number of fused-ring (bicyclic) bond motifs is 1. The smallest absolute Gasteiger partial charge is 0.202 e. The minimum atomic E-state index is -2.04. The Hall–Kier alpha value is -1.38. The first-order valence-corrected chi connectivity index (χ1v) is 9.66. The van der Waals surface area contributed by atoms with Gasteiger partial charge in [0.25, 0.3) is 0 Å². The van der Waals surface area contributed by atoms with Crippen molar-refractivity contribution in [2.75, 3.05) is 7.11 Å². The van der Waals surface area contributed by atoms with Crippen LogP contribution in [0.2, 0.25) is 19.6 Å². The fourth-order valence-electron chi connectivity index (χ4n) is 2.49. The molecule has 0 bridgehead atoms. The molecule has 5 heteroatoms. The summed E-state index contributed by atoms with van der Waals surface area (Å²) in [6.07, 6.45) is -1.13. The molecule has 0 aliphatic heterocycles. The van der Waals surface area contributed by atoms with E-state index in [1.54, 1.807) is 25.3 Å². The van der Waals surface area contributed by atoms with E-state index in [1.165, 1.54) is 0 Å². The van der Waals surface area contributed by atoms with E-state index >= 15 is 0 Å². The van der Waals surface area contributed by atoms with Crippen molar-refractivity contribution in [3.8, 4) is 11.8 Å². The van der Waals surface area contributed by atoms with E-state index in [2.05, 4.69) is 6.07 Å². The zero-order valence-corrected chi connectivity index (χ0v) is 12.7. The molecule has 2 atom stereocenters. The van der Waals surface area contributed by atoms with Crippen molar-refractivity contribution in [3.63, 3.8) is 0 Å². The Balaban J connectivity index is 2.51. The van der Waals surface area contributed by atoms with Crippen LogP contribution in [0, 0.1) is 11.3 Å². The number of halogens is 1. The van der Waals surface area contributed by atoms with Crippen molar-refractivity contribution in [1.82, 2.24) is 0 Å². The molecule has 0 radical (unpaired) electrons. The average molecular weight is 279 g/mol. The van der Waals surface area contributed by atoms with E-state index in [4.69, 9.17) is 9.16 Å². The molecule has 0 spiro atoms. The van der Waals surface area contributed by atoms with Gasteiger partial charge >= 0.3 is 0 Å². The lowest BCUT2D eigenvalue weighted by atomic mass is 9.97. The lowest BCUT2D eigenvalue weighted by molar-refractivity contribution is 0.0413. The monoisotopic (exact) mass is 279 g/mol. The molecule has 1 aliphatic rings. The van der Waals surface area contributed by atoms with Gasteiger partial charge in [-0.25, -0.2) is 4.39 Å². The van der Waals surface area contributed by atoms with Crippen LogP contribution in [0.3, 0.4) is 0 Å². The number of alkyl halides is 1. The summed E-state index contributed by atoms with van der Waals surface area (Å²) in [5.74, 6) is 0.674. The third kappa shape index (κ3) is 2.38. The van der Waals surface area contributed by atoms with Crippen molar-refractivity contribution in [3.05, 3.63) is 29.3 Å². The van der Waals surface area contributed by atoms with E-state index < -0.39 is 20.1 Å². The first kappa shape index (κ1) is 14.0. The van der Waals surface area contributed by atoms with Crippen LogP contribution in [0.25, 0.3) is 0 Å². The molecule has 0 N–H and O–H groups in total. The van der Waals surface area contributed by atoms with Gasteiger partial charge in [-0.15, -0.1) is 0 Å². The molecular weight excluding hydrogens is 261 g/mol. The Morgan fingerprint density at radius 2 is 2.11 bits per heavy atom. The third-order valence-electron chi connectivity index (χ3n) is 3.19. The summed E-state index contributed by atoms with van der Waals surface area (Å²) in [6, 6.07) is 7.35. The normalized spacial score (nSPS) is 25.8. The number of nitriles is 1. The Labute approximate surface area is 114 Å². The molecule has 0 heterocycles. The van der Waals surface area contributed by atoms with Crippen LogP contribution >= 0.6 is 0 Å². The van der Waals surface area contributed by atoms with Crippen molar-refractivity contribution < 1.29 is 13.6 Å². The molecule has 0 saturated carbocycles. The van der Waals surface area contributed by atoms with Crippen LogP contribution < -0.4 is 4.74 Å². The number of ether oxygens (including phenoxy) is 1. The molecule has 0 amide bonds. The molecule has 0 fully saturated rings. The number of rotatable bonds is 3. The zero-order chi connectivity index (χ0) is 14.3. The molecule has 1 aromatic rings. The number of hydrogen-bond acceptors (Lipinski definition) is 3. The van der Waals surface area contributed by atoms with Crippen LogP contribution in [-0.2, 0) is 16.4 Å². The first-order valence-electron chi connectivity index (χ1n) is 6.25. The fourth-order valence-corrected chi connectivity index (χ4v) is 3.74. The number of methoxy groups -OCH3 is 1. The molecule has 0 aromatic heterocycles. The first-order chi connectivity index (χ1) is 8.82. The Kier molecular flexibility index (Phi) is 3.41. The van der Waals surface area contributed by atoms with Crippen molar-refractivity contribution in [2.45, 2.75) is 37.8 Å². The molecule has 0 unspecified atom stereocenters. The Bertz CT molecular complexity index is 535. The molecule has 3 nitrogen and oxygen atoms in total. The topological polar surface area (TPSA) is 42.2 Å². The van der Waals surface area contributed by atoms with Crippen molar-refractivity contribution in [1.29, 1.82) is 5.26 Å². The second-order valence-corrected chi connectivity index (χ2v) is 10.2. The van der Waals surface area contributed by atoms with Crippen LogP contribution in [0.5, 0.6) is 5.75 Å². The highest BCUT2D eigenvalue weighted by Crippen LogP contribution is 2.44. The molecule has 2 rings (SSSR count). The molecular formula is C14H18FNO2Si. The average Bonchev–Trinajstić information content (AvgIpc) is 2.60. The Morgan fingerprint density at radius 1 is 1.42 bits per heavy atom. The third-order valence-corrected chi connectivity index (χ3v) is 4.12. The van der Waals surface area contributed by atoms with Crippen molar-refractivity contribution >= 4 is 8.32 Å². The number of nitrogens with zero attached hydrogens (tertiary/aromatic N) is 1. The fraction of sp³-hybridized carbons (Fsp3) is 0.500. The van der Waals surface area contributed by atoms with Crippen LogP contribution in [0.4, 0.5) is 4.39 Å². The van der Waals surface area contributed by atoms with Gasteiger partial charge in [-0.05, 0) is 37.3 Å². The summed E-state index contributed by atoms with van der Waals surface area (Å²) in [7, 11) is -0.472. The van der Waals surface area contributed by atoms with Gasteiger partial charge in [-0.1, -0.05) is 6.07 Å². The summed E-state index contributed by atoms with van der Waals surface area (Å²) >= 11 is 0. The summed E-state index contributed by atoms with van der Waals surface area (Å²) in [4.78, 5) is 0. The minimum absolute atomic E-state index is 0.199. The van der Waals surface area contributed by atoms with Gasteiger partial charge < -0.3 is 9.16 Å². The molecule has 1 aliphatic carbocycles. The number of hydrogen-bond donors (Lipinski definition) is 0. The zero-order valence-electron chi connectivity index (χ0n) is 11.7. The summed E-state index contributed by atoms with van der Waals surface area (Å²) in [6.45, 7) is 5.88. The molecule has 1 aromatic carbocycles. The largest absolute Gasteiger partial charge is 0.497 e. The van der Waals surface area contributed by atoms with Crippen LogP contribution in [0.1, 0.15) is 11.1 Å². The molecule has 0 saturated heterocycles. The standard InChI is InChI=1S/C14H18FNO2Si/c1-17-11-5-6-12-10(7-11)8-13(15)14(12,9-16)18-19(2,3)4/h5-7,13H,8H2,1-4H3/t13-,14+/m1/s1. The lowest BCUT2D eigenvalue weighted by Crippen LogP contribution is -2.43. The van der Waals surface area contributed by atoms with Gasteiger partial charge in [-0.2, -0.15) is 5.26 Å². The van der Waals surface area contributed by atoms with Gasteiger partial charge in [0.2, 0.25) is 5.60 Å². The minimum Gasteiger partial charge on any atom is -0.497 e. The van der Waals surface area contributed by atoms with Crippen molar-refractivity contribution in [2.24, 2.45) is 0 Å². The summed E-state index contributed by atoms with van der Waals surface area (Å²) in [5, 5.41) is 9.50. The molecule has 102 valence electrons. The van der Waals surface area contributed by atoms with E-state index in [0.717, 1.165) is 5.56 Å². The second kappa shape index (κ2) is 4.62. The lowest BCUT2D eigenvalue weighted by Gasteiger charge is -2.32. The second-order valence-electron chi connectivity index (χ2n) is 5.76. The maximum absolute atomic E-state index is 14.4. The van der Waals surface area contributed by atoms with Gasteiger partial charge in [0, 0.05) is 12.0 Å². The summed E-state index contributed by atoms with van der Waals surface area (Å²) in [5.41, 5.74) is -0.0103. The predicted molar refractivity (Wildman–Crippen MR) is 73.3 cm³/mol. The SMILES string of the molecule is COc1ccc2c(c1)C[C@@H](F)[C@@]2(C#N)O[Si](C)(C)C. The van der Waals surface area contributed by atoms with E-state index in [0.29, 0.717) is 11.3 Å². The quantitative estimate of drug-likeness (QED) is 0.798. The van der Waals surface area contributed by atoms with Crippen LogP contribution in [0.15, 0.2) is 18.2 Å². The maximum Gasteiger partial charge on any atom is 0.202 e. The summed E-state index contributed by atoms with van der Waals surface area (Å²) < 4.78 is 25.5. The highest BCUT2D eigenvalue weighted by atomic mass is 28.4. The van der Waals surface area contributed by atoms with Gasteiger partial charge in [0.05, 0.1) is 7.11 Å². The molecule has 19 heavy (non-hydrogen) atoms. The van der Waals surface area contributed by atoms with Gasteiger partial charge in [0.1, 0.15) is 18.0 Å². The maximum atomic E-state index is 14.4. The van der Waals surface area contributed by atoms with Gasteiger partial charge in [0.15, 0.2) is 8.32 Å².